The van der Waals surface area contributed by atoms with Gasteiger partial charge in [0, 0.05) is 23.4 Å². The van der Waals surface area contributed by atoms with Gasteiger partial charge in [0.05, 0.1) is 10.2 Å². The molecule has 1 saturated carbocycles. The van der Waals surface area contributed by atoms with Crippen LogP contribution >= 0.6 is 15.9 Å². The highest BCUT2D eigenvalue weighted by Crippen LogP contribution is 2.27. The maximum absolute atomic E-state index is 13.9. The Balaban J connectivity index is 1.65. The lowest BCUT2D eigenvalue weighted by molar-refractivity contribution is 0.461. The van der Waals surface area contributed by atoms with Crippen molar-refractivity contribution in [1.82, 2.24) is 9.97 Å². The topological polar surface area (TPSA) is 49.8 Å². The predicted octanol–water partition coefficient (Wildman–Crippen LogP) is 6.53. The van der Waals surface area contributed by atoms with Crippen molar-refractivity contribution in [2.75, 3.05) is 10.6 Å². The van der Waals surface area contributed by atoms with Crippen LogP contribution < -0.4 is 10.6 Å². The summed E-state index contributed by atoms with van der Waals surface area (Å²) in [6.07, 6.45) is 6.04. The van der Waals surface area contributed by atoms with Gasteiger partial charge in [-0.1, -0.05) is 49.6 Å². The molecule has 0 radical (unpaired) electrons. The molecule has 0 aliphatic heterocycles. The normalized spacial score (nSPS) is 14.6. The van der Waals surface area contributed by atoms with E-state index in [1.54, 1.807) is 6.07 Å². The van der Waals surface area contributed by atoms with Crippen molar-refractivity contribution < 1.29 is 4.39 Å². The van der Waals surface area contributed by atoms with Crippen LogP contribution in [0.15, 0.2) is 59.1 Å². The van der Waals surface area contributed by atoms with Crippen LogP contribution in [0.1, 0.15) is 32.1 Å². The molecule has 1 fully saturated rings. The first-order chi connectivity index (χ1) is 13.7. The van der Waals surface area contributed by atoms with Gasteiger partial charge < -0.3 is 10.6 Å². The van der Waals surface area contributed by atoms with Gasteiger partial charge in [-0.05, 0) is 47.0 Å². The zero-order chi connectivity index (χ0) is 19.3. The summed E-state index contributed by atoms with van der Waals surface area (Å²) >= 11 is 3.19. The zero-order valence-corrected chi connectivity index (χ0v) is 17.0. The third kappa shape index (κ3) is 4.68. The lowest BCUT2D eigenvalue weighted by Gasteiger charge is -2.23. The molecule has 2 aromatic carbocycles. The van der Waals surface area contributed by atoms with Gasteiger partial charge in [0.1, 0.15) is 11.6 Å². The summed E-state index contributed by atoms with van der Waals surface area (Å²) in [6.45, 7) is 0. The first-order valence-electron chi connectivity index (χ1n) is 9.60. The highest BCUT2D eigenvalue weighted by Gasteiger charge is 2.15. The number of nitrogens with one attached hydrogen (secondary N) is 2. The van der Waals surface area contributed by atoms with E-state index in [1.165, 1.54) is 25.3 Å². The van der Waals surface area contributed by atoms with Gasteiger partial charge >= 0.3 is 0 Å². The van der Waals surface area contributed by atoms with Crippen LogP contribution in [0, 0.1) is 5.82 Å². The first-order valence-corrected chi connectivity index (χ1v) is 10.4. The molecule has 1 heterocycles. The summed E-state index contributed by atoms with van der Waals surface area (Å²) in [7, 11) is 0. The van der Waals surface area contributed by atoms with Crippen LogP contribution in [0.5, 0.6) is 0 Å². The number of hydrogen-bond acceptors (Lipinski definition) is 4. The summed E-state index contributed by atoms with van der Waals surface area (Å²) in [5.74, 6) is 0.921. The molecule has 0 spiro atoms. The summed E-state index contributed by atoms with van der Waals surface area (Å²) in [4.78, 5) is 9.36. The molecular weight excluding hydrogens is 419 g/mol. The number of rotatable bonds is 5. The molecule has 0 saturated heterocycles. The summed E-state index contributed by atoms with van der Waals surface area (Å²) in [6, 6.07) is 17.2. The molecule has 3 aromatic rings. The largest absolute Gasteiger partial charge is 0.351 e. The van der Waals surface area contributed by atoms with Crippen molar-refractivity contribution in [2.24, 2.45) is 0 Å². The van der Waals surface area contributed by atoms with Crippen molar-refractivity contribution in [3.8, 4) is 11.3 Å². The third-order valence-corrected chi connectivity index (χ3v) is 5.57. The Hall–Kier alpha value is -2.47. The fourth-order valence-electron chi connectivity index (χ4n) is 3.48. The Morgan fingerprint density at radius 3 is 2.46 bits per heavy atom. The number of halogens is 2. The highest BCUT2D eigenvalue weighted by molar-refractivity contribution is 9.10. The lowest BCUT2D eigenvalue weighted by atomic mass is 9.96. The maximum atomic E-state index is 13.9. The molecule has 2 N–H and O–H groups in total. The van der Waals surface area contributed by atoms with Gasteiger partial charge in [-0.15, -0.1) is 0 Å². The van der Waals surface area contributed by atoms with E-state index in [1.807, 2.05) is 42.5 Å². The SMILES string of the molecule is Fc1cc(Nc2cc(-c3ccccc3)nc(NC3CCCCC3)n2)ccc1Br. The average molecular weight is 441 g/mol. The minimum absolute atomic E-state index is 0.317. The van der Waals surface area contributed by atoms with E-state index in [4.69, 9.17) is 4.98 Å². The molecule has 0 unspecified atom stereocenters. The van der Waals surface area contributed by atoms with Crippen LogP contribution in [0.25, 0.3) is 11.3 Å². The van der Waals surface area contributed by atoms with Gasteiger partial charge in [-0.2, -0.15) is 4.98 Å². The Bertz CT molecular complexity index is 943. The zero-order valence-electron chi connectivity index (χ0n) is 15.5. The molecule has 1 aliphatic rings. The predicted molar refractivity (Wildman–Crippen MR) is 115 cm³/mol. The molecular formula is C22H22BrFN4. The van der Waals surface area contributed by atoms with Gasteiger partial charge in [0.25, 0.3) is 0 Å². The molecule has 28 heavy (non-hydrogen) atoms. The molecule has 0 bridgehead atoms. The van der Waals surface area contributed by atoms with E-state index in [2.05, 4.69) is 31.5 Å². The lowest BCUT2D eigenvalue weighted by Crippen LogP contribution is -2.23. The second-order valence-corrected chi connectivity index (χ2v) is 7.92. The van der Waals surface area contributed by atoms with Gasteiger partial charge in [0.15, 0.2) is 0 Å². The molecule has 1 aromatic heterocycles. The van der Waals surface area contributed by atoms with E-state index >= 15 is 0 Å². The monoisotopic (exact) mass is 440 g/mol. The molecule has 0 amide bonds. The number of aromatic nitrogens is 2. The van der Waals surface area contributed by atoms with E-state index in [-0.39, 0.29) is 5.82 Å². The van der Waals surface area contributed by atoms with E-state index in [0.29, 0.717) is 28.0 Å². The second kappa shape index (κ2) is 8.69. The van der Waals surface area contributed by atoms with Crippen LogP contribution in [0.3, 0.4) is 0 Å². The van der Waals surface area contributed by atoms with E-state index in [0.717, 1.165) is 24.1 Å². The molecule has 0 atom stereocenters. The van der Waals surface area contributed by atoms with Gasteiger partial charge in [0.2, 0.25) is 5.95 Å². The summed E-state index contributed by atoms with van der Waals surface area (Å²) in [5.41, 5.74) is 2.48. The van der Waals surface area contributed by atoms with Crippen molar-refractivity contribution in [1.29, 1.82) is 0 Å². The number of hydrogen-bond donors (Lipinski definition) is 2. The third-order valence-electron chi connectivity index (χ3n) is 4.93. The second-order valence-electron chi connectivity index (χ2n) is 7.06. The summed E-state index contributed by atoms with van der Waals surface area (Å²) in [5, 5.41) is 6.70. The first kappa shape index (κ1) is 18.9. The number of benzene rings is 2. The van der Waals surface area contributed by atoms with Crippen LogP contribution in [0.4, 0.5) is 21.8 Å². The average Bonchev–Trinajstić information content (AvgIpc) is 2.72. The Labute approximate surface area is 172 Å². The standard InChI is InChI=1S/C22H22BrFN4/c23-18-12-11-17(13-19(18)24)25-21-14-20(15-7-3-1-4-8-15)27-22(28-21)26-16-9-5-2-6-10-16/h1,3-4,7-8,11-14,16H,2,5-6,9-10H2,(H2,25,26,27,28). The van der Waals surface area contributed by atoms with Crippen molar-refractivity contribution in [2.45, 2.75) is 38.1 Å². The Kier molecular flexibility index (Phi) is 5.86. The quantitative estimate of drug-likeness (QED) is 0.473. The smallest absolute Gasteiger partial charge is 0.225 e. The van der Waals surface area contributed by atoms with Crippen molar-refractivity contribution in [3.05, 3.63) is 64.9 Å². The summed E-state index contributed by atoms with van der Waals surface area (Å²) < 4.78 is 14.3. The molecule has 144 valence electrons. The minimum Gasteiger partial charge on any atom is -0.351 e. The van der Waals surface area contributed by atoms with Gasteiger partial charge in [-0.25, -0.2) is 9.37 Å². The Morgan fingerprint density at radius 2 is 1.71 bits per heavy atom. The minimum atomic E-state index is -0.317. The highest BCUT2D eigenvalue weighted by atomic mass is 79.9. The van der Waals surface area contributed by atoms with Crippen LogP contribution in [-0.4, -0.2) is 16.0 Å². The molecule has 4 nitrogen and oxygen atoms in total. The number of nitrogens with zero attached hydrogens (tertiary/aromatic N) is 2. The molecule has 6 heteroatoms. The molecule has 4 rings (SSSR count). The fourth-order valence-corrected chi connectivity index (χ4v) is 3.73. The van der Waals surface area contributed by atoms with Crippen molar-refractivity contribution >= 4 is 33.4 Å². The number of anilines is 3. The van der Waals surface area contributed by atoms with E-state index in [9.17, 15) is 4.39 Å². The van der Waals surface area contributed by atoms with Crippen LogP contribution in [-0.2, 0) is 0 Å². The maximum Gasteiger partial charge on any atom is 0.225 e. The van der Waals surface area contributed by atoms with Gasteiger partial charge in [-0.3, -0.25) is 0 Å². The van der Waals surface area contributed by atoms with Crippen molar-refractivity contribution in [3.63, 3.8) is 0 Å². The van der Waals surface area contributed by atoms with Crippen LogP contribution in [0.2, 0.25) is 0 Å². The fraction of sp³-hybridized carbons (Fsp3) is 0.273. The Morgan fingerprint density at radius 1 is 0.929 bits per heavy atom. The van der Waals surface area contributed by atoms with E-state index < -0.39 is 0 Å². The molecule has 1 aliphatic carbocycles.